The number of amides is 2. The molecule has 8 heteroatoms. The van der Waals surface area contributed by atoms with Crippen LogP contribution in [0, 0.1) is 5.92 Å². The zero-order valence-electron chi connectivity index (χ0n) is 12.3. The fourth-order valence-corrected chi connectivity index (χ4v) is 3.36. The maximum Gasteiger partial charge on any atom is 0.248 e. The lowest BCUT2D eigenvalue weighted by atomic mass is 9.98. The van der Waals surface area contributed by atoms with Gasteiger partial charge in [0, 0.05) is 24.3 Å². The number of benzene rings is 1. The van der Waals surface area contributed by atoms with Crippen LogP contribution in [-0.2, 0) is 14.8 Å². The molecule has 2 rings (SSSR count). The van der Waals surface area contributed by atoms with Gasteiger partial charge in [0.15, 0.2) is 0 Å². The second kappa shape index (κ2) is 6.45. The molecule has 0 saturated carbocycles. The second-order valence-corrected chi connectivity index (χ2v) is 7.38. The van der Waals surface area contributed by atoms with Gasteiger partial charge in [-0.05, 0) is 31.0 Å². The molecule has 1 aromatic carbocycles. The van der Waals surface area contributed by atoms with Gasteiger partial charge in [-0.1, -0.05) is 6.07 Å². The molecular formula is C14H19N3O4S. The highest BCUT2D eigenvalue weighted by atomic mass is 32.2. The number of carbonyl (C=O) groups excluding carboxylic acids is 2. The third-order valence-electron chi connectivity index (χ3n) is 3.64. The van der Waals surface area contributed by atoms with Crippen LogP contribution in [0.25, 0.3) is 0 Å². The van der Waals surface area contributed by atoms with Crippen LogP contribution in [0.1, 0.15) is 23.2 Å². The molecular weight excluding hydrogens is 306 g/mol. The number of hydrogen-bond acceptors (Lipinski definition) is 4. The van der Waals surface area contributed by atoms with Crippen LogP contribution in [-0.4, -0.2) is 43.9 Å². The summed E-state index contributed by atoms with van der Waals surface area (Å²) in [7, 11) is -3.29. The monoisotopic (exact) mass is 325 g/mol. The Morgan fingerprint density at radius 1 is 1.36 bits per heavy atom. The Balaban J connectivity index is 2.06. The standard InChI is InChI=1S/C14H19N3O4S/c1-22(20,21)17-7-3-5-11(9-17)14(19)16-12-6-2-4-10(8-12)13(15)18/h2,4,6,8,11H,3,5,7,9H2,1H3,(H2,15,18)(H,16,19)/t11-/m1/s1. The summed E-state index contributed by atoms with van der Waals surface area (Å²) in [6, 6.07) is 6.34. The number of hydrogen-bond donors (Lipinski definition) is 2. The van der Waals surface area contributed by atoms with Crippen LogP contribution in [0.15, 0.2) is 24.3 Å². The van der Waals surface area contributed by atoms with E-state index in [1.807, 2.05) is 0 Å². The number of primary amides is 1. The van der Waals surface area contributed by atoms with Crippen molar-refractivity contribution in [2.24, 2.45) is 11.7 Å². The Hall–Kier alpha value is -1.93. The van der Waals surface area contributed by atoms with Crippen molar-refractivity contribution < 1.29 is 18.0 Å². The van der Waals surface area contributed by atoms with Crippen LogP contribution in [0.4, 0.5) is 5.69 Å². The topological polar surface area (TPSA) is 110 Å². The lowest BCUT2D eigenvalue weighted by Crippen LogP contribution is -2.43. The molecule has 120 valence electrons. The number of anilines is 1. The summed E-state index contributed by atoms with van der Waals surface area (Å²) in [5, 5.41) is 2.71. The highest BCUT2D eigenvalue weighted by Gasteiger charge is 2.30. The van der Waals surface area contributed by atoms with E-state index in [4.69, 9.17) is 5.73 Å². The zero-order chi connectivity index (χ0) is 16.3. The van der Waals surface area contributed by atoms with Gasteiger partial charge in [0.25, 0.3) is 0 Å². The molecule has 0 unspecified atom stereocenters. The van der Waals surface area contributed by atoms with Gasteiger partial charge in [-0.2, -0.15) is 0 Å². The summed E-state index contributed by atoms with van der Waals surface area (Å²) in [4.78, 5) is 23.4. The minimum atomic E-state index is -3.29. The van der Waals surface area contributed by atoms with Crippen molar-refractivity contribution in [2.45, 2.75) is 12.8 Å². The van der Waals surface area contributed by atoms with Crippen LogP contribution in [0.3, 0.4) is 0 Å². The molecule has 1 fully saturated rings. The van der Waals surface area contributed by atoms with Crippen molar-refractivity contribution in [1.82, 2.24) is 4.31 Å². The molecule has 1 aliphatic rings. The predicted octanol–water partition coefficient (Wildman–Crippen LogP) is 0.396. The van der Waals surface area contributed by atoms with E-state index >= 15 is 0 Å². The quantitative estimate of drug-likeness (QED) is 0.834. The van der Waals surface area contributed by atoms with E-state index in [0.717, 1.165) is 6.26 Å². The zero-order valence-corrected chi connectivity index (χ0v) is 13.1. The highest BCUT2D eigenvalue weighted by Crippen LogP contribution is 2.21. The van der Waals surface area contributed by atoms with Gasteiger partial charge < -0.3 is 11.1 Å². The summed E-state index contributed by atoms with van der Waals surface area (Å²) in [6.45, 7) is 0.625. The number of nitrogens with zero attached hydrogens (tertiary/aromatic N) is 1. The largest absolute Gasteiger partial charge is 0.366 e. The van der Waals surface area contributed by atoms with Crippen molar-refractivity contribution in [3.05, 3.63) is 29.8 Å². The first-order valence-electron chi connectivity index (χ1n) is 6.93. The molecule has 2 amide bonds. The average molecular weight is 325 g/mol. The molecule has 1 heterocycles. The van der Waals surface area contributed by atoms with Crippen LogP contribution in [0.5, 0.6) is 0 Å². The van der Waals surface area contributed by atoms with E-state index in [1.165, 1.54) is 10.4 Å². The summed E-state index contributed by atoms with van der Waals surface area (Å²) < 4.78 is 24.5. The molecule has 3 N–H and O–H groups in total. The molecule has 7 nitrogen and oxygen atoms in total. The van der Waals surface area contributed by atoms with E-state index in [1.54, 1.807) is 18.2 Å². The van der Waals surface area contributed by atoms with Gasteiger partial charge in [0.2, 0.25) is 21.8 Å². The molecule has 1 atom stereocenters. The normalized spacial score (nSPS) is 19.6. The van der Waals surface area contributed by atoms with E-state index in [-0.39, 0.29) is 12.5 Å². The molecule has 1 aliphatic heterocycles. The van der Waals surface area contributed by atoms with Crippen molar-refractivity contribution in [3.8, 4) is 0 Å². The van der Waals surface area contributed by atoms with Crippen molar-refractivity contribution in [2.75, 3.05) is 24.7 Å². The first-order valence-corrected chi connectivity index (χ1v) is 8.78. The predicted molar refractivity (Wildman–Crippen MR) is 82.7 cm³/mol. The fraction of sp³-hybridized carbons (Fsp3) is 0.429. The van der Waals surface area contributed by atoms with Gasteiger partial charge in [0.1, 0.15) is 0 Å². The molecule has 1 aromatic rings. The second-order valence-electron chi connectivity index (χ2n) is 5.39. The SMILES string of the molecule is CS(=O)(=O)N1CCC[C@@H](C(=O)Nc2cccc(C(N)=O)c2)C1. The van der Waals surface area contributed by atoms with Crippen LogP contribution in [0.2, 0.25) is 0 Å². The third-order valence-corrected chi connectivity index (χ3v) is 4.91. The number of nitrogens with two attached hydrogens (primary N) is 1. The summed E-state index contributed by atoms with van der Waals surface area (Å²) in [5.41, 5.74) is 5.97. The van der Waals surface area contributed by atoms with Crippen molar-refractivity contribution >= 4 is 27.5 Å². The number of rotatable bonds is 4. The lowest BCUT2D eigenvalue weighted by Gasteiger charge is -2.30. The number of sulfonamides is 1. The van der Waals surface area contributed by atoms with E-state index in [0.29, 0.717) is 30.6 Å². The molecule has 22 heavy (non-hydrogen) atoms. The molecule has 0 aromatic heterocycles. The number of nitrogens with one attached hydrogen (secondary N) is 1. The van der Waals surface area contributed by atoms with Gasteiger partial charge >= 0.3 is 0 Å². The summed E-state index contributed by atoms with van der Waals surface area (Å²) in [6.07, 6.45) is 2.42. The van der Waals surface area contributed by atoms with Gasteiger partial charge in [0.05, 0.1) is 12.2 Å². The lowest BCUT2D eigenvalue weighted by molar-refractivity contribution is -0.120. The Morgan fingerprint density at radius 3 is 2.73 bits per heavy atom. The third kappa shape index (κ3) is 4.05. The van der Waals surface area contributed by atoms with Crippen LogP contribution < -0.4 is 11.1 Å². The molecule has 0 bridgehead atoms. The molecule has 0 aliphatic carbocycles. The summed E-state index contributed by atoms with van der Waals surface area (Å²) in [5.74, 6) is -1.23. The maximum atomic E-state index is 12.3. The molecule has 1 saturated heterocycles. The maximum absolute atomic E-state index is 12.3. The fourth-order valence-electron chi connectivity index (χ4n) is 2.45. The Labute approximate surface area is 129 Å². The molecule has 0 spiro atoms. The first-order chi connectivity index (χ1) is 10.3. The highest BCUT2D eigenvalue weighted by molar-refractivity contribution is 7.88. The smallest absolute Gasteiger partial charge is 0.248 e. The average Bonchev–Trinajstić information content (AvgIpc) is 2.46. The van der Waals surface area contributed by atoms with Gasteiger partial charge in [-0.3, -0.25) is 9.59 Å². The van der Waals surface area contributed by atoms with Gasteiger partial charge in [-0.25, -0.2) is 12.7 Å². The summed E-state index contributed by atoms with van der Waals surface area (Å²) >= 11 is 0. The minimum absolute atomic E-state index is 0.181. The Kier molecular flexibility index (Phi) is 4.82. The first kappa shape index (κ1) is 16.4. The number of piperidine rings is 1. The van der Waals surface area contributed by atoms with Gasteiger partial charge in [-0.15, -0.1) is 0 Å². The van der Waals surface area contributed by atoms with E-state index < -0.39 is 21.8 Å². The minimum Gasteiger partial charge on any atom is -0.366 e. The van der Waals surface area contributed by atoms with Crippen LogP contribution >= 0.6 is 0 Å². The molecule has 0 radical (unpaired) electrons. The number of carbonyl (C=O) groups is 2. The Bertz CT molecular complexity index is 687. The van der Waals surface area contributed by atoms with E-state index in [9.17, 15) is 18.0 Å². The van der Waals surface area contributed by atoms with Crippen molar-refractivity contribution in [1.29, 1.82) is 0 Å². The van der Waals surface area contributed by atoms with E-state index in [2.05, 4.69) is 5.32 Å². The Morgan fingerprint density at radius 2 is 2.09 bits per heavy atom. The van der Waals surface area contributed by atoms with Crippen molar-refractivity contribution in [3.63, 3.8) is 0 Å².